The molecule has 17 heavy (non-hydrogen) atoms. The Morgan fingerprint density at radius 1 is 1.41 bits per heavy atom. The summed E-state index contributed by atoms with van der Waals surface area (Å²) < 4.78 is 1.55. The van der Waals surface area contributed by atoms with E-state index < -0.39 is 0 Å². The molecule has 0 amide bonds. The topological polar surface area (TPSA) is 46.9 Å². The maximum Gasteiger partial charge on any atom is 0.347 e. The highest BCUT2D eigenvalue weighted by atomic mass is 35.5. The van der Waals surface area contributed by atoms with Gasteiger partial charge < -0.3 is 5.32 Å². The Kier molecular flexibility index (Phi) is 4.57. The zero-order valence-electron chi connectivity index (χ0n) is 9.86. The van der Waals surface area contributed by atoms with E-state index in [0.29, 0.717) is 17.6 Å². The molecule has 1 N–H and O–H groups in total. The highest BCUT2D eigenvalue weighted by Gasteiger charge is 2.11. The summed E-state index contributed by atoms with van der Waals surface area (Å²) in [4.78, 5) is 15.1. The maximum atomic E-state index is 11.4. The summed E-state index contributed by atoms with van der Waals surface area (Å²) in [5.41, 5.74) is -0.236. The van der Waals surface area contributed by atoms with Crippen molar-refractivity contribution < 1.29 is 0 Å². The molecule has 4 nitrogen and oxygen atoms in total. The number of hydrogen-bond acceptors (Lipinski definition) is 3. The third-order valence-corrected chi connectivity index (χ3v) is 3.41. The van der Waals surface area contributed by atoms with Gasteiger partial charge in [-0.05, 0) is 12.8 Å². The zero-order chi connectivity index (χ0) is 12.1. The second kappa shape index (κ2) is 6.17. The molecule has 1 saturated carbocycles. The minimum atomic E-state index is -0.236. The van der Waals surface area contributed by atoms with Crippen LogP contribution < -0.4 is 11.0 Å². The van der Waals surface area contributed by atoms with Crippen molar-refractivity contribution in [1.82, 2.24) is 14.9 Å². The van der Waals surface area contributed by atoms with Crippen molar-refractivity contribution >= 4 is 11.6 Å². The summed E-state index contributed by atoms with van der Waals surface area (Å²) in [5, 5.41) is 3.99. The molecule has 0 aliphatic heterocycles. The third-order valence-electron chi connectivity index (χ3n) is 3.21. The SMILES string of the molecule is O=c1ncc(Cl)cn1CCNC1CCCCC1. The predicted octanol–water partition coefficient (Wildman–Crippen LogP) is 1.82. The van der Waals surface area contributed by atoms with Gasteiger partial charge in [0.05, 0.1) is 11.2 Å². The van der Waals surface area contributed by atoms with Crippen molar-refractivity contribution in [2.24, 2.45) is 0 Å². The number of hydrogen-bond donors (Lipinski definition) is 1. The second-order valence-electron chi connectivity index (χ2n) is 4.54. The summed E-state index contributed by atoms with van der Waals surface area (Å²) >= 11 is 5.80. The molecule has 1 heterocycles. The van der Waals surface area contributed by atoms with Crippen LogP contribution in [0.2, 0.25) is 5.02 Å². The summed E-state index contributed by atoms with van der Waals surface area (Å²) in [7, 11) is 0. The molecule has 0 unspecified atom stereocenters. The fourth-order valence-corrected chi connectivity index (χ4v) is 2.45. The van der Waals surface area contributed by atoms with Gasteiger partial charge in [0.1, 0.15) is 0 Å². The molecule has 0 saturated heterocycles. The average molecular weight is 256 g/mol. The van der Waals surface area contributed by atoms with E-state index in [2.05, 4.69) is 10.3 Å². The fraction of sp³-hybridized carbons (Fsp3) is 0.667. The van der Waals surface area contributed by atoms with Gasteiger partial charge in [0.15, 0.2) is 0 Å². The van der Waals surface area contributed by atoms with E-state index in [1.54, 1.807) is 10.8 Å². The minimum Gasteiger partial charge on any atom is -0.312 e. The van der Waals surface area contributed by atoms with Crippen LogP contribution in [0.4, 0.5) is 0 Å². The van der Waals surface area contributed by atoms with Crippen molar-refractivity contribution in [2.75, 3.05) is 6.54 Å². The largest absolute Gasteiger partial charge is 0.347 e. The van der Waals surface area contributed by atoms with Crippen molar-refractivity contribution in [3.63, 3.8) is 0 Å². The molecule has 5 heteroatoms. The predicted molar refractivity (Wildman–Crippen MR) is 68.4 cm³/mol. The van der Waals surface area contributed by atoms with E-state index in [9.17, 15) is 4.79 Å². The van der Waals surface area contributed by atoms with Gasteiger partial charge in [0.25, 0.3) is 0 Å². The van der Waals surface area contributed by atoms with Crippen LogP contribution in [-0.2, 0) is 6.54 Å². The maximum absolute atomic E-state index is 11.4. The molecule has 0 spiro atoms. The van der Waals surface area contributed by atoms with E-state index in [0.717, 1.165) is 6.54 Å². The summed E-state index contributed by atoms with van der Waals surface area (Å²) in [6.07, 6.45) is 9.52. The Balaban J connectivity index is 1.81. The molecule has 94 valence electrons. The highest BCUT2D eigenvalue weighted by molar-refractivity contribution is 6.30. The van der Waals surface area contributed by atoms with E-state index >= 15 is 0 Å². The molecule has 0 bridgehead atoms. The van der Waals surface area contributed by atoms with Gasteiger partial charge >= 0.3 is 5.69 Å². The van der Waals surface area contributed by atoms with Crippen LogP contribution in [-0.4, -0.2) is 22.1 Å². The van der Waals surface area contributed by atoms with Crippen molar-refractivity contribution in [2.45, 2.75) is 44.7 Å². The average Bonchev–Trinajstić information content (AvgIpc) is 2.35. The van der Waals surface area contributed by atoms with Gasteiger partial charge in [-0.1, -0.05) is 30.9 Å². The molecule has 1 aliphatic rings. The lowest BCUT2D eigenvalue weighted by Crippen LogP contribution is -2.35. The number of nitrogens with zero attached hydrogens (tertiary/aromatic N) is 2. The Bertz CT molecular complexity index is 412. The van der Waals surface area contributed by atoms with Crippen LogP contribution in [0.1, 0.15) is 32.1 Å². The van der Waals surface area contributed by atoms with E-state index in [-0.39, 0.29) is 5.69 Å². The molecule has 0 radical (unpaired) electrons. The molecule has 0 atom stereocenters. The monoisotopic (exact) mass is 255 g/mol. The minimum absolute atomic E-state index is 0.236. The van der Waals surface area contributed by atoms with Crippen LogP contribution in [0.5, 0.6) is 0 Å². The lowest BCUT2D eigenvalue weighted by Gasteiger charge is -2.22. The van der Waals surface area contributed by atoms with Crippen molar-refractivity contribution in [3.8, 4) is 0 Å². The Hall–Kier alpha value is -0.870. The fourth-order valence-electron chi connectivity index (χ4n) is 2.28. The quantitative estimate of drug-likeness (QED) is 0.893. The van der Waals surface area contributed by atoms with Crippen LogP contribution in [0.3, 0.4) is 0 Å². The molecular formula is C12H18ClN3O. The first-order valence-electron chi connectivity index (χ1n) is 6.21. The van der Waals surface area contributed by atoms with E-state index in [1.807, 2.05) is 0 Å². The van der Waals surface area contributed by atoms with Crippen molar-refractivity contribution in [1.29, 1.82) is 0 Å². The zero-order valence-corrected chi connectivity index (χ0v) is 10.6. The van der Waals surface area contributed by atoms with Gasteiger partial charge in [-0.15, -0.1) is 0 Å². The van der Waals surface area contributed by atoms with Gasteiger partial charge in [-0.2, -0.15) is 0 Å². The van der Waals surface area contributed by atoms with Crippen LogP contribution in [0.15, 0.2) is 17.2 Å². The smallest absolute Gasteiger partial charge is 0.312 e. The van der Waals surface area contributed by atoms with Crippen LogP contribution >= 0.6 is 11.6 Å². The Morgan fingerprint density at radius 3 is 2.94 bits per heavy atom. The van der Waals surface area contributed by atoms with E-state index in [1.165, 1.54) is 38.3 Å². The van der Waals surface area contributed by atoms with E-state index in [4.69, 9.17) is 11.6 Å². The summed E-state index contributed by atoms with van der Waals surface area (Å²) in [5.74, 6) is 0. The first-order chi connectivity index (χ1) is 8.25. The molecule has 1 aromatic heterocycles. The molecule has 0 aromatic carbocycles. The first kappa shape index (κ1) is 12.6. The number of halogens is 1. The normalized spacial score (nSPS) is 17.2. The standard InChI is InChI=1S/C12H18ClN3O/c13-10-8-15-12(17)16(9-10)7-6-14-11-4-2-1-3-5-11/h8-9,11,14H,1-7H2. The summed E-state index contributed by atoms with van der Waals surface area (Å²) in [6.45, 7) is 1.43. The Labute approximate surface area is 106 Å². The van der Waals surface area contributed by atoms with Crippen LogP contribution in [0, 0.1) is 0 Å². The lowest BCUT2D eigenvalue weighted by atomic mass is 9.95. The number of rotatable bonds is 4. The number of nitrogens with one attached hydrogen (secondary N) is 1. The first-order valence-corrected chi connectivity index (χ1v) is 6.59. The third kappa shape index (κ3) is 3.82. The lowest BCUT2D eigenvalue weighted by molar-refractivity contribution is 0.366. The van der Waals surface area contributed by atoms with Crippen LogP contribution in [0.25, 0.3) is 0 Å². The van der Waals surface area contributed by atoms with Gasteiger partial charge in [0.2, 0.25) is 0 Å². The molecule has 1 aromatic rings. The Morgan fingerprint density at radius 2 is 2.18 bits per heavy atom. The van der Waals surface area contributed by atoms with Gasteiger partial charge in [0, 0.05) is 25.3 Å². The van der Waals surface area contributed by atoms with Gasteiger partial charge in [-0.3, -0.25) is 4.57 Å². The van der Waals surface area contributed by atoms with Crippen molar-refractivity contribution in [3.05, 3.63) is 27.9 Å². The summed E-state index contributed by atoms with van der Waals surface area (Å²) in [6, 6.07) is 0.617. The molecule has 1 fully saturated rings. The number of aromatic nitrogens is 2. The molecule has 1 aliphatic carbocycles. The van der Waals surface area contributed by atoms with Gasteiger partial charge in [-0.25, -0.2) is 9.78 Å². The second-order valence-corrected chi connectivity index (χ2v) is 4.97. The molecule has 2 rings (SSSR count). The molecular weight excluding hydrogens is 238 g/mol. The highest BCUT2D eigenvalue weighted by Crippen LogP contribution is 2.16.